The van der Waals surface area contributed by atoms with Crippen molar-refractivity contribution in [2.24, 2.45) is 0 Å². The molecule has 32 heavy (non-hydrogen) atoms. The van der Waals surface area contributed by atoms with Crippen molar-refractivity contribution >= 4 is 17.3 Å². The Hall–Kier alpha value is -3.41. The van der Waals surface area contributed by atoms with Gasteiger partial charge in [-0.15, -0.1) is 0 Å². The minimum absolute atomic E-state index is 0.0124. The number of carbonyl (C=O) groups is 1. The number of anilines is 2. The van der Waals surface area contributed by atoms with E-state index in [1.165, 1.54) is 30.4 Å². The summed E-state index contributed by atoms with van der Waals surface area (Å²) in [5.41, 5.74) is 11.7. The summed E-state index contributed by atoms with van der Waals surface area (Å²) in [4.78, 5) is 24.5. The number of nitrogens with one attached hydrogen (secondary N) is 1. The molecule has 0 spiro atoms. The number of hydrogen-bond acceptors (Lipinski definition) is 5. The fraction of sp³-hybridized carbons (Fsp3) is 0.346. The molecule has 3 aromatic rings. The number of aromatic nitrogens is 2. The number of hydrogen-bond donors (Lipinski definition) is 2. The van der Waals surface area contributed by atoms with Crippen molar-refractivity contribution in [2.45, 2.75) is 44.6 Å². The molecule has 2 aromatic carbocycles. The van der Waals surface area contributed by atoms with Crippen LogP contribution < -0.4 is 16.0 Å². The summed E-state index contributed by atoms with van der Waals surface area (Å²) in [6.07, 6.45) is 8.39. The van der Waals surface area contributed by atoms with E-state index < -0.39 is 0 Å². The number of nitrogens with zero attached hydrogens (tertiary/aromatic N) is 3. The van der Waals surface area contributed by atoms with Gasteiger partial charge in [-0.05, 0) is 73.9 Å². The van der Waals surface area contributed by atoms with Crippen molar-refractivity contribution in [1.82, 2.24) is 15.3 Å². The van der Waals surface area contributed by atoms with Gasteiger partial charge in [0.2, 0.25) is 0 Å². The van der Waals surface area contributed by atoms with E-state index in [1.807, 2.05) is 12.1 Å². The number of nitrogen functional groups attached to an aromatic ring is 1. The molecule has 1 amide bonds. The van der Waals surface area contributed by atoms with Gasteiger partial charge in [-0.2, -0.15) is 0 Å². The average molecular weight is 428 g/mol. The van der Waals surface area contributed by atoms with Crippen LogP contribution in [0.25, 0.3) is 11.4 Å². The van der Waals surface area contributed by atoms with Crippen LogP contribution >= 0.6 is 0 Å². The Kier molecular flexibility index (Phi) is 5.75. The molecule has 6 nitrogen and oxygen atoms in total. The molecule has 0 bridgehead atoms. The van der Waals surface area contributed by atoms with Crippen LogP contribution in [0.15, 0.2) is 54.7 Å². The molecule has 3 N–H and O–H groups in total. The van der Waals surface area contributed by atoms with Gasteiger partial charge in [-0.3, -0.25) is 4.79 Å². The monoisotopic (exact) mass is 427 g/mol. The van der Waals surface area contributed by atoms with E-state index in [9.17, 15) is 4.79 Å². The van der Waals surface area contributed by atoms with Gasteiger partial charge < -0.3 is 16.0 Å². The second-order valence-electron chi connectivity index (χ2n) is 8.70. The number of carbonyl (C=O) groups excluding carboxylic acids is 1. The van der Waals surface area contributed by atoms with E-state index in [1.54, 1.807) is 12.3 Å². The predicted molar refractivity (Wildman–Crippen MR) is 128 cm³/mol. The minimum atomic E-state index is -0.180. The molecule has 1 aromatic heterocycles. The topological polar surface area (TPSA) is 84.1 Å². The fourth-order valence-corrected chi connectivity index (χ4v) is 4.84. The zero-order valence-electron chi connectivity index (χ0n) is 18.3. The SMILES string of the molecule is Nc1ccc(N2CCCCC2)cc1-c1nccc(C(=O)N[C@H]2CCCc3ccccc32)n1. The van der Waals surface area contributed by atoms with Crippen molar-refractivity contribution in [2.75, 3.05) is 23.7 Å². The van der Waals surface area contributed by atoms with Gasteiger partial charge in [0, 0.05) is 36.2 Å². The maximum atomic E-state index is 13.1. The lowest BCUT2D eigenvalue weighted by Gasteiger charge is -2.29. The second-order valence-corrected chi connectivity index (χ2v) is 8.70. The summed E-state index contributed by atoms with van der Waals surface area (Å²) in [5.74, 6) is 0.305. The molecule has 1 aliphatic carbocycles. The highest BCUT2D eigenvalue weighted by molar-refractivity contribution is 5.93. The summed E-state index contributed by atoms with van der Waals surface area (Å²) >= 11 is 0. The third kappa shape index (κ3) is 4.17. The second kappa shape index (κ2) is 8.99. The number of aryl methyl sites for hydroxylation is 1. The van der Waals surface area contributed by atoms with Gasteiger partial charge in [-0.25, -0.2) is 9.97 Å². The highest BCUT2D eigenvalue weighted by Gasteiger charge is 2.23. The van der Waals surface area contributed by atoms with Crippen molar-refractivity contribution in [3.63, 3.8) is 0 Å². The van der Waals surface area contributed by atoms with Crippen LogP contribution in [-0.2, 0) is 6.42 Å². The average Bonchev–Trinajstić information content (AvgIpc) is 2.85. The molecule has 164 valence electrons. The molecule has 0 saturated carbocycles. The maximum Gasteiger partial charge on any atom is 0.270 e. The van der Waals surface area contributed by atoms with Crippen molar-refractivity contribution < 1.29 is 4.79 Å². The van der Waals surface area contributed by atoms with Crippen molar-refractivity contribution in [3.05, 3.63) is 71.5 Å². The van der Waals surface area contributed by atoms with E-state index in [4.69, 9.17) is 5.73 Å². The molecular formula is C26H29N5O. The molecule has 2 aliphatic rings. The maximum absolute atomic E-state index is 13.1. The van der Waals surface area contributed by atoms with E-state index in [-0.39, 0.29) is 11.9 Å². The Balaban J connectivity index is 1.39. The van der Waals surface area contributed by atoms with Gasteiger partial charge in [0.25, 0.3) is 5.91 Å². The van der Waals surface area contributed by atoms with E-state index in [0.717, 1.165) is 43.6 Å². The van der Waals surface area contributed by atoms with Gasteiger partial charge in [0.15, 0.2) is 5.82 Å². The first-order chi connectivity index (χ1) is 15.7. The normalized spacial score (nSPS) is 18.1. The summed E-state index contributed by atoms with van der Waals surface area (Å²) in [6, 6.07) is 16.0. The molecule has 0 unspecified atom stereocenters. The number of fused-ring (bicyclic) bond motifs is 1. The zero-order valence-corrected chi connectivity index (χ0v) is 18.3. The Morgan fingerprint density at radius 1 is 1.03 bits per heavy atom. The third-order valence-electron chi connectivity index (χ3n) is 6.56. The Morgan fingerprint density at radius 3 is 2.75 bits per heavy atom. The van der Waals surface area contributed by atoms with Gasteiger partial charge in [-0.1, -0.05) is 24.3 Å². The molecule has 1 aliphatic heterocycles. The molecule has 0 radical (unpaired) electrons. The van der Waals surface area contributed by atoms with Gasteiger partial charge in [0.1, 0.15) is 5.69 Å². The first-order valence-corrected chi connectivity index (χ1v) is 11.6. The van der Waals surface area contributed by atoms with Crippen molar-refractivity contribution in [1.29, 1.82) is 0 Å². The molecule has 5 rings (SSSR count). The van der Waals surface area contributed by atoms with Gasteiger partial charge in [0.05, 0.1) is 6.04 Å². The molecule has 1 fully saturated rings. The van der Waals surface area contributed by atoms with Crippen LogP contribution in [0.2, 0.25) is 0 Å². The highest BCUT2D eigenvalue weighted by atomic mass is 16.1. The Bertz CT molecular complexity index is 1120. The molecule has 2 heterocycles. The summed E-state index contributed by atoms with van der Waals surface area (Å²) in [7, 11) is 0. The quantitative estimate of drug-likeness (QED) is 0.598. The van der Waals surface area contributed by atoms with Crippen LogP contribution in [0.5, 0.6) is 0 Å². The standard InChI is InChI=1S/C26H29N5O/c27-22-12-11-19(31-15-4-1-5-16-31)17-21(22)25-28-14-13-24(29-25)26(32)30-23-10-6-8-18-7-2-3-9-20(18)23/h2-3,7,9,11-14,17,23H,1,4-6,8,10,15-16,27H2,(H,30,32)/t23-/m0/s1. The smallest absolute Gasteiger partial charge is 0.270 e. The Labute approximate surface area is 188 Å². The third-order valence-corrected chi connectivity index (χ3v) is 6.56. The number of amides is 1. The number of piperidine rings is 1. The minimum Gasteiger partial charge on any atom is -0.398 e. The lowest BCUT2D eigenvalue weighted by Crippen LogP contribution is -2.31. The molecular weight excluding hydrogens is 398 g/mol. The predicted octanol–water partition coefficient (Wildman–Crippen LogP) is 4.52. The number of rotatable bonds is 4. The Morgan fingerprint density at radius 2 is 1.88 bits per heavy atom. The molecule has 1 saturated heterocycles. The highest BCUT2D eigenvalue weighted by Crippen LogP contribution is 2.31. The van der Waals surface area contributed by atoms with E-state index in [0.29, 0.717) is 17.2 Å². The lowest BCUT2D eigenvalue weighted by molar-refractivity contribution is 0.0927. The molecule has 6 heteroatoms. The van der Waals surface area contributed by atoms with Crippen LogP contribution in [0.1, 0.15) is 59.8 Å². The van der Waals surface area contributed by atoms with Crippen LogP contribution in [-0.4, -0.2) is 29.0 Å². The van der Waals surface area contributed by atoms with Crippen molar-refractivity contribution in [3.8, 4) is 11.4 Å². The van der Waals surface area contributed by atoms with Crippen LogP contribution in [0.4, 0.5) is 11.4 Å². The summed E-state index contributed by atoms with van der Waals surface area (Å²) in [6.45, 7) is 2.10. The first kappa shape index (κ1) is 20.5. The first-order valence-electron chi connectivity index (χ1n) is 11.6. The zero-order chi connectivity index (χ0) is 21.9. The lowest BCUT2D eigenvalue weighted by atomic mass is 9.87. The summed E-state index contributed by atoms with van der Waals surface area (Å²) in [5, 5.41) is 3.18. The van der Waals surface area contributed by atoms with Crippen LogP contribution in [0.3, 0.4) is 0 Å². The largest absolute Gasteiger partial charge is 0.398 e. The van der Waals surface area contributed by atoms with E-state index in [2.05, 4.69) is 50.5 Å². The number of nitrogens with two attached hydrogens (primary N) is 1. The summed E-state index contributed by atoms with van der Waals surface area (Å²) < 4.78 is 0. The number of benzene rings is 2. The molecule has 1 atom stereocenters. The van der Waals surface area contributed by atoms with Crippen LogP contribution in [0, 0.1) is 0 Å². The van der Waals surface area contributed by atoms with E-state index >= 15 is 0 Å². The van der Waals surface area contributed by atoms with Gasteiger partial charge >= 0.3 is 0 Å². The fourth-order valence-electron chi connectivity index (χ4n) is 4.84.